The Balaban J connectivity index is 1.98. The number of sulfonamides is 1. The Morgan fingerprint density at radius 2 is 1.97 bits per heavy atom. The molecule has 0 aliphatic carbocycles. The van der Waals surface area contributed by atoms with E-state index in [1.165, 1.54) is 18.2 Å². The minimum atomic E-state index is -4.71. The quantitative estimate of drug-likeness (QED) is 0.628. The van der Waals surface area contributed by atoms with Crippen LogP contribution in [0, 0.1) is 0 Å². The average Bonchev–Trinajstić information content (AvgIpc) is 2.87. The normalized spacial score (nSPS) is 20.0. The number of aromatic nitrogens is 1. The third kappa shape index (κ3) is 5.75. The van der Waals surface area contributed by atoms with E-state index in [0.717, 1.165) is 6.07 Å². The van der Waals surface area contributed by atoms with E-state index in [0.29, 0.717) is 44.6 Å². The molecule has 0 bridgehead atoms. The Hall–Kier alpha value is -2.70. The fraction of sp³-hybridized carbons (Fsp3) is 0.400. The molecule has 1 fully saturated rings. The van der Waals surface area contributed by atoms with Crippen molar-refractivity contribution in [3.63, 3.8) is 0 Å². The summed E-state index contributed by atoms with van der Waals surface area (Å²) in [5.41, 5.74) is -2.28. The second-order valence-corrected chi connectivity index (χ2v) is 9.52. The Morgan fingerprint density at radius 3 is 2.62 bits per heavy atom. The first-order valence-corrected chi connectivity index (χ1v) is 11.3. The minimum Gasteiger partial charge on any atom is -0.390 e. The van der Waals surface area contributed by atoms with Crippen molar-refractivity contribution >= 4 is 27.4 Å². The summed E-state index contributed by atoms with van der Waals surface area (Å²) in [6, 6.07) is 5.78. The summed E-state index contributed by atoms with van der Waals surface area (Å²) in [5, 5.41) is 17.8. The predicted molar refractivity (Wildman–Crippen MR) is 112 cm³/mol. The zero-order chi connectivity index (χ0) is 23.7. The molecule has 3 rings (SSSR count). The van der Waals surface area contributed by atoms with Crippen molar-refractivity contribution in [2.45, 2.75) is 42.9 Å². The SMILES string of the molecule is CC1(O)CCCN(c2ncc(C(F)(F)F)cc2C(=O)Nc2cccc(S(N)(=O)=O)c2)CC1. The number of nitrogens with one attached hydrogen (secondary N) is 1. The zero-order valence-electron chi connectivity index (χ0n) is 17.2. The van der Waals surface area contributed by atoms with Crippen molar-refractivity contribution in [3.8, 4) is 0 Å². The number of rotatable bonds is 4. The van der Waals surface area contributed by atoms with Gasteiger partial charge in [-0.2, -0.15) is 13.2 Å². The second kappa shape index (κ2) is 8.68. The standard InChI is InChI=1S/C20H23F3N4O4S/c1-19(29)6-3-8-27(9-7-19)17-16(10-13(12-25-17)20(21,22)23)18(28)26-14-4-2-5-15(11-14)32(24,30)31/h2,4-5,10-12,29H,3,6-9H2,1H3,(H,26,28)(H2,24,30,31). The topological polar surface area (TPSA) is 126 Å². The first-order valence-electron chi connectivity index (χ1n) is 9.75. The highest BCUT2D eigenvalue weighted by Crippen LogP contribution is 2.33. The minimum absolute atomic E-state index is 0.0451. The molecule has 0 saturated carbocycles. The highest BCUT2D eigenvalue weighted by molar-refractivity contribution is 7.89. The first kappa shape index (κ1) is 24.0. The van der Waals surface area contributed by atoms with E-state index in [9.17, 15) is 31.5 Å². The number of hydrogen-bond donors (Lipinski definition) is 3. The third-order valence-corrected chi connectivity index (χ3v) is 6.13. The molecule has 2 heterocycles. The van der Waals surface area contributed by atoms with Crippen LogP contribution in [0.25, 0.3) is 0 Å². The highest BCUT2D eigenvalue weighted by atomic mass is 32.2. The van der Waals surface area contributed by atoms with Crippen LogP contribution in [-0.2, 0) is 16.2 Å². The van der Waals surface area contributed by atoms with Gasteiger partial charge in [-0.25, -0.2) is 18.5 Å². The number of halogens is 3. The zero-order valence-corrected chi connectivity index (χ0v) is 18.0. The van der Waals surface area contributed by atoms with E-state index in [1.807, 2.05) is 0 Å². The maximum atomic E-state index is 13.3. The summed E-state index contributed by atoms with van der Waals surface area (Å²) >= 11 is 0. The molecule has 2 aromatic rings. The van der Waals surface area contributed by atoms with Gasteiger partial charge in [0.05, 0.1) is 21.6 Å². The van der Waals surface area contributed by atoms with E-state index in [1.54, 1.807) is 11.8 Å². The van der Waals surface area contributed by atoms with E-state index in [2.05, 4.69) is 10.3 Å². The molecule has 32 heavy (non-hydrogen) atoms. The predicted octanol–water partition coefficient (Wildman–Crippen LogP) is 2.74. The third-order valence-electron chi connectivity index (χ3n) is 5.22. The van der Waals surface area contributed by atoms with Crippen LogP contribution in [0.15, 0.2) is 41.4 Å². The van der Waals surface area contributed by atoms with Crippen LogP contribution in [-0.4, -0.2) is 43.1 Å². The lowest BCUT2D eigenvalue weighted by Gasteiger charge is -2.25. The van der Waals surface area contributed by atoms with Crippen LogP contribution in [0.1, 0.15) is 42.1 Å². The van der Waals surface area contributed by atoms with Crippen molar-refractivity contribution < 1.29 is 31.5 Å². The number of nitrogens with zero attached hydrogens (tertiary/aromatic N) is 2. The van der Waals surface area contributed by atoms with E-state index in [-0.39, 0.29) is 22.0 Å². The van der Waals surface area contributed by atoms with Crippen molar-refractivity contribution in [2.24, 2.45) is 5.14 Å². The van der Waals surface area contributed by atoms with Gasteiger partial charge in [0.15, 0.2) is 0 Å². The number of primary sulfonamides is 1. The molecule has 1 amide bonds. The molecule has 4 N–H and O–H groups in total. The number of hydrogen-bond acceptors (Lipinski definition) is 6. The smallest absolute Gasteiger partial charge is 0.390 e. The van der Waals surface area contributed by atoms with Crippen LogP contribution in [0.5, 0.6) is 0 Å². The van der Waals surface area contributed by atoms with Gasteiger partial charge in [-0.1, -0.05) is 6.07 Å². The molecule has 1 saturated heterocycles. The molecule has 0 radical (unpaired) electrons. The molecule has 1 aromatic carbocycles. The average molecular weight is 472 g/mol. The van der Waals surface area contributed by atoms with Gasteiger partial charge >= 0.3 is 6.18 Å². The largest absolute Gasteiger partial charge is 0.417 e. The monoisotopic (exact) mass is 472 g/mol. The van der Waals surface area contributed by atoms with Crippen LogP contribution >= 0.6 is 0 Å². The van der Waals surface area contributed by atoms with Gasteiger partial charge in [-0.3, -0.25) is 4.79 Å². The van der Waals surface area contributed by atoms with Crippen LogP contribution in [0.2, 0.25) is 0 Å². The molecule has 1 aliphatic rings. The van der Waals surface area contributed by atoms with Crippen molar-refractivity contribution in [1.82, 2.24) is 4.98 Å². The van der Waals surface area contributed by atoms with Gasteiger partial charge in [0.1, 0.15) is 5.82 Å². The van der Waals surface area contributed by atoms with Gasteiger partial charge < -0.3 is 15.3 Å². The van der Waals surface area contributed by atoms with Gasteiger partial charge in [0, 0.05) is 25.0 Å². The molecule has 1 unspecified atom stereocenters. The number of nitrogens with two attached hydrogens (primary N) is 1. The summed E-state index contributed by atoms with van der Waals surface area (Å²) in [6.45, 7) is 2.38. The Kier molecular flexibility index (Phi) is 6.50. The Labute approximate surface area is 183 Å². The van der Waals surface area contributed by atoms with E-state index >= 15 is 0 Å². The van der Waals surface area contributed by atoms with Crippen molar-refractivity contribution in [3.05, 3.63) is 47.7 Å². The van der Waals surface area contributed by atoms with Crippen molar-refractivity contribution in [2.75, 3.05) is 23.3 Å². The number of carbonyl (C=O) groups excluding carboxylic acids is 1. The maximum absolute atomic E-state index is 13.3. The maximum Gasteiger partial charge on any atom is 0.417 e. The molecular weight excluding hydrogens is 449 g/mol. The van der Waals surface area contributed by atoms with Crippen molar-refractivity contribution in [1.29, 1.82) is 0 Å². The number of alkyl halides is 3. The molecule has 174 valence electrons. The van der Waals surface area contributed by atoms with E-state index < -0.39 is 33.3 Å². The molecule has 1 aromatic heterocycles. The molecule has 8 nitrogen and oxygen atoms in total. The lowest BCUT2D eigenvalue weighted by molar-refractivity contribution is -0.137. The fourth-order valence-corrected chi connectivity index (χ4v) is 4.02. The molecule has 1 atom stereocenters. The molecule has 0 spiro atoms. The lowest BCUT2D eigenvalue weighted by atomic mass is 9.98. The Morgan fingerprint density at radius 1 is 1.25 bits per heavy atom. The summed E-state index contributed by atoms with van der Waals surface area (Å²) in [7, 11) is -4.04. The fourth-order valence-electron chi connectivity index (χ4n) is 3.46. The molecule has 1 aliphatic heterocycles. The van der Waals surface area contributed by atoms with Crippen LogP contribution < -0.4 is 15.4 Å². The van der Waals surface area contributed by atoms with Crippen LogP contribution in [0.3, 0.4) is 0 Å². The van der Waals surface area contributed by atoms with Gasteiger partial charge in [0.2, 0.25) is 10.0 Å². The van der Waals surface area contributed by atoms with Crippen LogP contribution in [0.4, 0.5) is 24.7 Å². The first-order chi connectivity index (χ1) is 14.8. The Bertz CT molecular complexity index is 1120. The second-order valence-electron chi connectivity index (χ2n) is 7.96. The number of benzene rings is 1. The highest BCUT2D eigenvalue weighted by Gasteiger charge is 2.34. The molecule has 12 heteroatoms. The number of amides is 1. The summed E-state index contributed by atoms with van der Waals surface area (Å²) in [4.78, 5) is 18.3. The number of pyridine rings is 1. The van der Waals surface area contributed by atoms with E-state index in [4.69, 9.17) is 5.14 Å². The summed E-state index contributed by atoms with van der Waals surface area (Å²) in [5.74, 6) is -0.836. The number of aliphatic hydroxyl groups is 1. The van der Waals surface area contributed by atoms with Gasteiger partial charge in [-0.05, 0) is 50.5 Å². The molecular formula is C20H23F3N4O4S. The summed E-state index contributed by atoms with van der Waals surface area (Å²) < 4.78 is 62.9. The van der Waals surface area contributed by atoms with Gasteiger partial charge in [-0.15, -0.1) is 0 Å². The lowest BCUT2D eigenvalue weighted by Crippen LogP contribution is -2.31. The van der Waals surface area contributed by atoms with Gasteiger partial charge in [0.25, 0.3) is 5.91 Å². The number of carbonyl (C=O) groups is 1. The number of anilines is 2. The summed E-state index contributed by atoms with van der Waals surface area (Å²) in [6.07, 6.45) is -2.63.